The van der Waals surface area contributed by atoms with E-state index in [1.165, 1.54) is 0 Å². The second-order valence-electron chi connectivity index (χ2n) is 4.68. The Balaban J connectivity index is 2.47. The molecule has 0 spiro atoms. The van der Waals surface area contributed by atoms with Crippen molar-refractivity contribution in [3.63, 3.8) is 0 Å². The number of methoxy groups -OCH3 is 1. The molecular formula is C13H21NO3. The average Bonchev–Trinajstić information content (AvgIpc) is 2.25. The lowest BCUT2D eigenvalue weighted by Crippen LogP contribution is -2.22. The molecule has 0 aliphatic carbocycles. The Morgan fingerprint density at radius 1 is 1.12 bits per heavy atom. The van der Waals surface area contributed by atoms with Crippen LogP contribution in [-0.2, 0) is 4.74 Å². The lowest BCUT2D eigenvalue weighted by Gasteiger charge is -2.19. The SMILES string of the molecule is COc1cccc(OCCOC(C)(C)C)c1N. The Labute approximate surface area is 103 Å². The highest BCUT2D eigenvalue weighted by Gasteiger charge is 2.10. The largest absolute Gasteiger partial charge is 0.494 e. The third kappa shape index (κ3) is 4.53. The molecule has 0 radical (unpaired) electrons. The molecule has 0 amide bonds. The third-order valence-electron chi connectivity index (χ3n) is 2.12. The molecule has 1 rings (SSSR count). The summed E-state index contributed by atoms with van der Waals surface area (Å²) in [5, 5.41) is 0. The number of hydrogen-bond acceptors (Lipinski definition) is 4. The van der Waals surface area contributed by atoms with Gasteiger partial charge in [0.05, 0.1) is 19.3 Å². The Morgan fingerprint density at radius 2 is 1.76 bits per heavy atom. The van der Waals surface area contributed by atoms with Crippen LogP contribution in [0.5, 0.6) is 11.5 Å². The van der Waals surface area contributed by atoms with Crippen LogP contribution in [0.25, 0.3) is 0 Å². The lowest BCUT2D eigenvalue weighted by atomic mass is 10.2. The number of nitrogen functional groups attached to an aromatic ring is 1. The first-order valence-corrected chi connectivity index (χ1v) is 5.63. The predicted octanol–water partition coefficient (Wildman–Crippen LogP) is 2.47. The standard InChI is InChI=1S/C13H21NO3/c1-13(2,3)17-9-8-16-11-7-5-6-10(15-4)12(11)14/h5-7H,8-9,14H2,1-4H3. The van der Waals surface area contributed by atoms with Gasteiger partial charge in [0.2, 0.25) is 0 Å². The van der Waals surface area contributed by atoms with Gasteiger partial charge in [-0.05, 0) is 32.9 Å². The highest BCUT2D eigenvalue weighted by Crippen LogP contribution is 2.30. The fourth-order valence-corrected chi connectivity index (χ4v) is 1.33. The summed E-state index contributed by atoms with van der Waals surface area (Å²) < 4.78 is 16.2. The predicted molar refractivity (Wildman–Crippen MR) is 68.6 cm³/mol. The summed E-state index contributed by atoms with van der Waals surface area (Å²) in [6.07, 6.45) is 0. The molecular weight excluding hydrogens is 218 g/mol. The van der Waals surface area contributed by atoms with E-state index in [4.69, 9.17) is 19.9 Å². The lowest BCUT2D eigenvalue weighted by molar-refractivity contribution is -0.0162. The van der Waals surface area contributed by atoms with E-state index in [2.05, 4.69) is 0 Å². The number of benzene rings is 1. The molecule has 96 valence electrons. The number of hydrogen-bond donors (Lipinski definition) is 1. The van der Waals surface area contributed by atoms with Gasteiger partial charge >= 0.3 is 0 Å². The van der Waals surface area contributed by atoms with Crippen LogP contribution in [0.4, 0.5) is 5.69 Å². The fourth-order valence-electron chi connectivity index (χ4n) is 1.33. The molecule has 4 heteroatoms. The quantitative estimate of drug-likeness (QED) is 0.633. The zero-order valence-corrected chi connectivity index (χ0v) is 10.9. The summed E-state index contributed by atoms with van der Waals surface area (Å²) in [6.45, 7) is 7.02. The summed E-state index contributed by atoms with van der Waals surface area (Å²) in [4.78, 5) is 0. The molecule has 4 nitrogen and oxygen atoms in total. The zero-order valence-electron chi connectivity index (χ0n) is 10.9. The maximum atomic E-state index is 5.87. The van der Waals surface area contributed by atoms with E-state index in [0.29, 0.717) is 30.4 Å². The van der Waals surface area contributed by atoms with Gasteiger partial charge < -0.3 is 19.9 Å². The van der Waals surface area contributed by atoms with E-state index in [1.54, 1.807) is 13.2 Å². The van der Waals surface area contributed by atoms with Crippen molar-refractivity contribution < 1.29 is 14.2 Å². The number of rotatable bonds is 5. The summed E-state index contributed by atoms with van der Waals surface area (Å²) in [7, 11) is 1.58. The molecule has 0 saturated carbocycles. The van der Waals surface area contributed by atoms with Crippen molar-refractivity contribution in [1.82, 2.24) is 0 Å². The zero-order chi connectivity index (χ0) is 12.9. The Hall–Kier alpha value is -1.42. The molecule has 0 fully saturated rings. The molecule has 1 aromatic rings. The molecule has 0 bridgehead atoms. The van der Waals surface area contributed by atoms with E-state index >= 15 is 0 Å². The number of anilines is 1. The van der Waals surface area contributed by atoms with Gasteiger partial charge in [-0.3, -0.25) is 0 Å². The maximum Gasteiger partial charge on any atom is 0.146 e. The minimum Gasteiger partial charge on any atom is -0.494 e. The van der Waals surface area contributed by atoms with E-state index in [-0.39, 0.29) is 5.60 Å². The number of nitrogens with two attached hydrogens (primary N) is 1. The molecule has 0 aliphatic heterocycles. The van der Waals surface area contributed by atoms with Crippen molar-refractivity contribution in [2.75, 3.05) is 26.1 Å². The minimum atomic E-state index is -0.150. The van der Waals surface area contributed by atoms with Crippen LogP contribution in [0.1, 0.15) is 20.8 Å². The summed E-state index contributed by atoms with van der Waals surface area (Å²) >= 11 is 0. The first-order chi connectivity index (χ1) is 7.94. The Bertz CT molecular complexity index is 358. The second kappa shape index (κ2) is 5.77. The molecule has 0 unspecified atom stereocenters. The summed E-state index contributed by atoms with van der Waals surface area (Å²) in [5.41, 5.74) is 6.24. The molecule has 2 N–H and O–H groups in total. The smallest absolute Gasteiger partial charge is 0.146 e. The van der Waals surface area contributed by atoms with Crippen molar-refractivity contribution in [2.24, 2.45) is 0 Å². The highest BCUT2D eigenvalue weighted by molar-refractivity contribution is 5.62. The van der Waals surface area contributed by atoms with Gasteiger partial charge in [0.15, 0.2) is 0 Å². The van der Waals surface area contributed by atoms with Crippen LogP contribution in [0, 0.1) is 0 Å². The Kier molecular flexibility index (Phi) is 4.63. The van der Waals surface area contributed by atoms with Crippen LogP contribution in [0.3, 0.4) is 0 Å². The van der Waals surface area contributed by atoms with Gasteiger partial charge in [0.1, 0.15) is 23.8 Å². The van der Waals surface area contributed by atoms with E-state index in [1.807, 2.05) is 32.9 Å². The van der Waals surface area contributed by atoms with Crippen molar-refractivity contribution >= 4 is 5.69 Å². The number of ether oxygens (including phenoxy) is 3. The number of para-hydroxylation sites is 1. The van der Waals surface area contributed by atoms with Gasteiger partial charge in [0.25, 0.3) is 0 Å². The first kappa shape index (κ1) is 13.6. The van der Waals surface area contributed by atoms with E-state index < -0.39 is 0 Å². The van der Waals surface area contributed by atoms with Crippen LogP contribution in [-0.4, -0.2) is 25.9 Å². The molecule has 0 aliphatic rings. The maximum absolute atomic E-state index is 5.87. The van der Waals surface area contributed by atoms with Gasteiger partial charge in [-0.1, -0.05) is 6.07 Å². The van der Waals surface area contributed by atoms with Crippen molar-refractivity contribution in [2.45, 2.75) is 26.4 Å². The second-order valence-corrected chi connectivity index (χ2v) is 4.68. The Morgan fingerprint density at radius 3 is 2.35 bits per heavy atom. The van der Waals surface area contributed by atoms with Gasteiger partial charge in [0, 0.05) is 0 Å². The van der Waals surface area contributed by atoms with Gasteiger partial charge in [-0.15, -0.1) is 0 Å². The van der Waals surface area contributed by atoms with E-state index in [9.17, 15) is 0 Å². The van der Waals surface area contributed by atoms with Crippen LogP contribution in [0.15, 0.2) is 18.2 Å². The molecule has 0 atom stereocenters. The summed E-state index contributed by atoms with van der Waals surface area (Å²) in [6, 6.07) is 5.46. The van der Waals surface area contributed by atoms with Crippen molar-refractivity contribution in [1.29, 1.82) is 0 Å². The van der Waals surface area contributed by atoms with Crippen LogP contribution < -0.4 is 15.2 Å². The topological polar surface area (TPSA) is 53.7 Å². The first-order valence-electron chi connectivity index (χ1n) is 5.63. The monoisotopic (exact) mass is 239 g/mol. The van der Waals surface area contributed by atoms with Crippen LogP contribution in [0.2, 0.25) is 0 Å². The highest BCUT2D eigenvalue weighted by atomic mass is 16.5. The fraction of sp³-hybridized carbons (Fsp3) is 0.538. The van der Waals surface area contributed by atoms with E-state index in [0.717, 1.165) is 0 Å². The molecule has 0 aromatic heterocycles. The van der Waals surface area contributed by atoms with Gasteiger partial charge in [-0.2, -0.15) is 0 Å². The average molecular weight is 239 g/mol. The molecule has 1 aromatic carbocycles. The minimum absolute atomic E-state index is 0.150. The molecule has 0 saturated heterocycles. The van der Waals surface area contributed by atoms with Crippen LogP contribution >= 0.6 is 0 Å². The summed E-state index contributed by atoms with van der Waals surface area (Å²) in [5.74, 6) is 1.25. The molecule has 17 heavy (non-hydrogen) atoms. The third-order valence-corrected chi connectivity index (χ3v) is 2.12. The normalized spacial score (nSPS) is 11.3. The molecule has 0 heterocycles. The van der Waals surface area contributed by atoms with Gasteiger partial charge in [-0.25, -0.2) is 0 Å². The van der Waals surface area contributed by atoms with Crippen molar-refractivity contribution in [3.8, 4) is 11.5 Å². The van der Waals surface area contributed by atoms with Crippen molar-refractivity contribution in [3.05, 3.63) is 18.2 Å².